The van der Waals surface area contributed by atoms with Gasteiger partial charge in [0.05, 0.1) is 9.74 Å². The SMILES string of the molecule is C=Cc1c(S(O)=S)nc(C(=O)NCC)c(O)c1N=C.CC. The minimum atomic E-state index is -1.62. The van der Waals surface area contributed by atoms with Crippen molar-refractivity contribution < 1.29 is 14.5 Å². The number of carbonyl (C=O) groups excluding carboxylic acids is 1. The molecule has 0 aliphatic heterocycles. The molecule has 0 saturated heterocycles. The highest BCUT2D eigenvalue weighted by molar-refractivity contribution is 8.25. The van der Waals surface area contributed by atoms with Gasteiger partial charge in [0.1, 0.15) is 10.7 Å². The molecule has 0 bridgehead atoms. The fourth-order valence-electron chi connectivity index (χ4n) is 1.44. The third-order valence-corrected chi connectivity index (χ3v) is 3.34. The van der Waals surface area contributed by atoms with E-state index in [2.05, 4.69) is 28.6 Å². The van der Waals surface area contributed by atoms with Gasteiger partial charge in [0.2, 0.25) is 0 Å². The van der Waals surface area contributed by atoms with Crippen molar-refractivity contribution in [2.24, 2.45) is 4.99 Å². The Labute approximate surface area is 131 Å². The molecule has 0 aliphatic carbocycles. The molecule has 21 heavy (non-hydrogen) atoms. The molecule has 8 heteroatoms. The highest BCUT2D eigenvalue weighted by Crippen LogP contribution is 2.36. The normalized spacial score (nSPS) is 10.9. The Morgan fingerprint density at radius 1 is 1.57 bits per heavy atom. The van der Waals surface area contributed by atoms with E-state index in [1.807, 2.05) is 13.8 Å². The summed E-state index contributed by atoms with van der Waals surface area (Å²) in [6.45, 7) is 13.0. The van der Waals surface area contributed by atoms with E-state index in [0.717, 1.165) is 0 Å². The van der Waals surface area contributed by atoms with Crippen LogP contribution in [0.1, 0.15) is 36.8 Å². The van der Waals surface area contributed by atoms with Gasteiger partial charge in [-0.3, -0.25) is 9.79 Å². The zero-order chi connectivity index (χ0) is 16.6. The van der Waals surface area contributed by atoms with Crippen molar-refractivity contribution in [2.75, 3.05) is 6.54 Å². The average Bonchev–Trinajstić information content (AvgIpc) is 2.48. The van der Waals surface area contributed by atoms with Crippen LogP contribution in [0.15, 0.2) is 16.6 Å². The fourth-order valence-corrected chi connectivity index (χ4v) is 2.35. The molecule has 0 radical (unpaired) electrons. The molecule has 1 heterocycles. The Kier molecular flexibility index (Phi) is 8.60. The maximum Gasteiger partial charge on any atom is 0.273 e. The molecule has 6 nitrogen and oxygen atoms in total. The predicted octanol–water partition coefficient (Wildman–Crippen LogP) is 2.45. The number of nitrogens with zero attached hydrogens (tertiary/aromatic N) is 2. The fraction of sp³-hybridized carbons (Fsp3) is 0.308. The highest BCUT2D eigenvalue weighted by Gasteiger charge is 2.22. The van der Waals surface area contributed by atoms with Crippen molar-refractivity contribution in [2.45, 2.75) is 25.8 Å². The van der Waals surface area contributed by atoms with Crippen LogP contribution in [0.4, 0.5) is 5.69 Å². The summed E-state index contributed by atoms with van der Waals surface area (Å²) in [5.41, 5.74) is 0.0419. The first-order valence-corrected chi connectivity index (χ1v) is 8.33. The lowest BCUT2D eigenvalue weighted by Crippen LogP contribution is -2.24. The standard InChI is InChI=1S/C11H13N3O3S2.C2H6/c1-4-6-7(12-3)9(15)8(10(16)13-5-2)14-11(6)19(17)18;1-2/h4,15H,1,3,5H2,2H3,(H,13,16)(H,17,18);1-2H3. The summed E-state index contributed by atoms with van der Waals surface area (Å²) in [7, 11) is -1.62. The molecule has 1 amide bonds. The Hall–Kier alpha value is -1.64. The van der Waals surface area contributed by atoms with Crippen molar-refractivity contribution in [1.29, 1.82) is 0 Å². The van der Waals surface area contributed by atoms with Gasteiger partial charge in [0.25, 0.3) is 5.91 Å². The van der Waals surface area contributed by atoms with Gasteiger partial charge in [-0.05, 0) is 24.8 Å². The smallest absolute Gasteiger partial charge is 0.273 e. The summed E-state index contributed by atoms with van der Waals surface area (Å²) in [5, 5.41) is 12.5. The lowest BCUT2D eigenvalue weighted by atomic mass is 10.1. The molecule has 116 valence electrons. The summed E-state index contributed by atoms with van der Waals surface area (Å²) in [6, 6.07) is 0. The largest absolute Gasteiger partial charge is 0.504 e. The van der Waals surface area contributed by atoms with Gasteiger partial charge in [-0.1, -0.05) is 26.5 Å². The highest BCUT2D eigenvalue weighted by atomic mass is 32.8. The second-order valence-electron chi connectivity index (χ2n) is 3.35. The third-order valence-electron chi connectivity index (χ3n) is 2.23. The number of aromatic nitrogens is 1. The molecule has 0 aliphatic rings. The molecule has 1 aromatic heterocycles. The summed E-state index contributed by atoms with van der Waals surface area (Å²) in [5.74, 6) is -0.998. The van der Waals surface area contributed by atoms with Gasteiger partial charge < -0.3 is 15.0 Å². The molecule has 1 atom stereocenters. The second kappa shape index (κ2) is 9.32. The molecule has 0 aromatic carbocycles. The topological polar surface area (TPSA) is 94.8 Å². The van der Waals surface area contributed by atoms with E-state index < -0.39 is 21.4 Å². The van der Waals surface area contributed by atoms with E-state index in [-0.39, 0.29) is 22.0 Å². The van der Waals surface area contributed by atoms with Crippen LogP contribution in [0.5, 0.6) is 5.75 Å². The molecule has 3 N–H and O–H groups in total. The van der Waals surface area contributed by atoms with Crippen LogP contribution in [0.25, 0.3) is 6.08 Å². The van der Waals surface area contributed by atoms with E-state index in [1.165, 1.54) is 6.08 Å². The zero-order valence-corrected chi connectivity index (χ0v) is 13.8. The Balaban J connectivity index is 0.00000191. The number of hydrogen-bond donors (Lipinski definition) is 3. The van der Waals surface area contributed by atoms with Crippen molar-refractivity contribution >= 4 is 45.3 Å². The summed E-state index contributed by atoms with van der Waals surface area (Å²) >= 11 is 4.76. The number of aromatic hydroxyl groups is 1. The first kappa shape index (κ1) is 19.4. The van der Waals surface area contributed by atoms with Gasteiger partial charge in [-0.2, -0.15) is 0 Å². The minimum Gasteiger partial charge on any atom is -0.504 e. The molecule has 0 spiro atoms. The van der Waals surface area contributed by atoms with E-state index in [0.29, 0.717) is 6.54 Å². The number of carbonyl (C=O) groups is 1. The number of pyridine rings is 1. The van der Waals surface area contributed by atoms with Crippen LogP contribution in [0.3, 0.4) is 0 Å². The number of hydrogen-bond acceptors (Lipinski definition) is 5. The molecule has 1 aromatic rings. The van der Waals surface area contributed by atoms with Crippen molar-refractivity contribution in [1.82, 2.24) is 10.3 Å². The number of nitrogens with one attached hydrogen (secondary N) is 1. The van der Waals surface area contributed by atoms with Crippen molar-refractivity contribution in [3.63, 3.8) is 0 Å². The Bertz CT molecular complexity index is 574. The molecule has 0 saturated carbocycles. The first-order chi connectivity index (χ1) is 9.97. The lowest BCUT2D eigenvalue weighted by molar-refractivity contribution is 0.0947. The van der Waals surface area contributed by atoms with Crippen molar-refractivity contribution in [3.8, 4) is 5.75 Å². The summed E-state index contributed by atoms with van der Waals surface area (Å²) in [4.78, 5) is 19.3. The van der Waals surface area contributed by atoms with E-state index in [9.17, 15) is 14.5 Å². The van der Waals surface area contributed by atoms with Gasteiger partial charge in [0.15, 0.2) is 11.4 Å². The number of rotatable bonds is 5. The monoisotopic (exact) mass is 329 g/mol. The first-order valence-electron chi connectivity index (χ1n) is 6.23. The van der Waals surface area contributed by atoms with E-state index in [4.69, 9.17) is 11.2 Å². The second-order valence-corrected chi connectivity index (χ2v) is 5.18. The van der Waals surface area contributed by atoms with Crippen LogP contribution < -0.4 is 5.32 Å². The van der Waals surface area contributed by atoms with Crippen molar-refractivity contribution in [3.05, 3.63) is 17.8 Å². The summed E-state index contributed by atoms with van der Waals surface area (Å²) < 4.78 is 9.54. The molecule has 0 fully saturated rings. The third kappa shape index (κ3) is 4.42. The lowest BCUT2D eigenvalue weighted by Gasteiger charge is -2.12. The molecular formula is C13H19N3O3S2. The zero-order valence-electron chi connectivity index (χ0n) is 12.2. The number of amides is 1. The van der Waals surface area contributed by atoms with Crippen LogP contribution >= 0.6 is 0 Å². The molecular weight excluding hydrogens is 310 g/mol. The summed E-state index contributed by atoms with van der Waals surface area (Å²) in [6.07, 6.45) is 1.34. The van der Waals surface area contributed by atoms with Crippen LogP contribution in [-0.2, 0) is 20.9 Å². The van der Waals surface area contributed by atoms with E-state index in [1.54, 1.807) is 6.92 Å². The van der Waals surface area contributed by atoms with Gasteiger partial charge in [-0.15, -0.1) is 0 Å². The Morgan fingerprint density at radius 3 is 2.52 bits per heavy atom. The Morgan fingerprint density at radius 2 is 2.14 bits per heavy atom. The predicted molar refractivity (Wildman–Crippen MR) is 90.2 cm³/mol. The van der Waals surface area contributed by atoms with Crippen LogP contribution in [0, 0.1) is 0 Å². The quantitative estimate of drug-likeness (QED) is 0.721. The van der Waals surface area contributed by atoms with E-state index >= 15 is 0 Å². The number of aliphatic imine (C=N–C) groups is 1. The minimum absolute atomic E-state index is 0.0256. The maximum atomic E-state index is 11.8. The van der Waals surface area contributed by atoms with Crippen LogP contribution in [-0.4, -0.2) is 33.8 Å². The maximum absolute atomic E-state index is 11.8. The van der Waals surface area contributed by atoms with Gasteiger partial charge in [-0.25, -0.2) is 4.98 Å². The van der Waals surface area contributed by atoms with Gasteiger partial charge >= 0.3 is 0 Å². The average molecular weight is 329 g/mol. The molecule has 1 unspecified atom stereocenters. The van der Waals surface area contributed by atoms with Crippen LogP contribution in [0.2, 0.25) is 0 Å². The van der Waals surface area contributed by atoms with Gasteiger partial charge in [0, 0.05) is 12.1 Å². The molecule has 1 rings (SSSR count).